The van der Waals surface area contributed by atoms with Gasteiger partial charge in [-0.25, -0.2) is 0 Å². The molecule has 0 N–H and O–H groups in total. The summed E-state index contributed by atoms with van der Waals surface area (Å²) in [5, 5.41) is 8.13. The molecule has 0 amide bonds. The maximum absolute atomic E-state index is 8.32. The van der Waals surface area contributed by atoms with Gasteiger partial charge in [0.05, 0.1) is 11.2 Å². The molecule has 1 nitrogen and oxygen atoms in total. The Morgan fingerprint density at radius 1 is 1.86 bits per heavy atom. The first kappa shape index (κ1) is 6.92. The topological polar surface area (TPSA) is 23.8 Å². The first-order chi connectivity index (χ1) is 3.12. The lowest BCUT2D eigenvalue weighted by molar-refractivity contribution is 0.769. The predicted octanol–water partition coefficient (Wildman–Crippen LogP) is 1.55. The van der Waals surface area contributed by atoms with Gasteiger partial charge in [-0.2, -0.15) is 5.26 Å². The summed E-state index contributed by atoms with van der Waals surface area (Å²) in [6, 6.07) is 2.15. The molecule has 0 saturated heterocycles. The van der Waals surface area contributed by atoms with Gasteiger partial charge in [-0.15, -0.1) is 9.24 Å². The Bertz CT molecular complexity index is 90.7. The molecule has 0 spiro atoms. The number of hydrogen-bond donors (Lipinski definition) is 0. The van der Waals surface area contributed by atoms with Crippen LogP contribution in [0.25, 0.3) is 0 Å². The maximum Gasteiger partial charge on any atom is 0.0727 e. The number of nitriles is 1. The Hall–Kier alpha value is -0.0800. The molecular weight excluding hydrogens is 105 g/mol. The van der Waals surface area contributed by atoms with E-state index in [9.17, 15) is 0 Å². The van der Waals surface area contributed by atoms with Gasteiger partial charge in [0, 0.05) is 0 Å². The monoisotopic (exact) mass is 115 g/mol. The van der Waals surface area contributed by atoms with Crippen molar-refractivity contribution in [2.24, 2.45) is 0 Å². The lowest BCUT2D eigenvalue weighted by Gasteiger charge is -2.08. The lowest BCUT2D eigenvalue weighted by Crippen LogP contribution is -2.08. The fourth-order valence-electron chi connectivity index (χ4n) is 0.0791. The molecule has 0 aromatic carbocycles. The Morgan fingerprint density at radius 2 is 2.29 bits per heavy atom. The highest BCUT2D eigenvalue weighted by Crippen LogP contribution is 2.18. The average Bonchev–Trinajstić information content (AvgIpc) is 1.68. The smallest absolute Gasteiger partial charge is 0.0727 e. The molecule has 2 unspecified atom stereocenters. The van der Waals surface area contributed by atoms with Gasteiger partial charge in [-0.05, 0) is 13.3 Å². The highest BCUT2D eigenvalue weighted by Gasteiger charge is 2.11. The van der Waals surface area contributed by atoms with Gasteiger partial charge in [0.25, 0.3) is 0 Å². The van der Waals surface area contributed by atoms with Crippen LogP contribution in [0.2, 0.25) is 0 Å². The van der Waals surface area contributed by atoms with Crippen LogP contribution in [0.5, 0.6) is 0 Å². The van der Waals surface area contributed by atoms with Gasteiger partial charge in [0.1, 0.15) is 0 Å². The molecule has 0 aliphatic rings. The minimum absolute atomic E-state index is 0.194. The molecule has 0 fully saturated rings. The summed E-state index contributed by atoms with van der Waals surface area (Å²) >= 11 is 0. The van der Waals surface area contributed by atoms with Crippen molar-refractivity contribution in [1.29, 1.82) is 5.26 Å². The molecule has 0 radical (unpaired) electrons. The van der Waals surface area contributed by atoms with E-state index in [-0.39, 0.29) is 5.16 Å². The Labute approximate surface area is 46.9 Å². The largest absolute Gasteiger partial charge is 0.197 e. The van der Waals surface area contributed by atoms with E-state index in [1.54, 1.807) is 0 Å². The first-order valence-electron chi connectivity index (χ1n) is 2.32. The second-order valence-corrected chi connectivity index (χ2v) is 3.16. The molecule has 0 aliphatic heterocycles. The summed E-state index contributed by atoms with van der Waals surface area (Å²) in [6.45, 7) is 3.90. The third kappa shape index (κ3) is 2.60. The molecule has 0 heterocycles. The number of hydrogen-bond acceptors (Lipinski definition) is 1. The molecule has 7 heavy (non-hydrogen) atoms. The van der Waals surface area contributed by atoms with Crippen LogP contribution in [-0.2, 0) is 0 Å². The molecule has 0 rings (SSSR count). The summed E-state index contributed by atoms with van der Waals surface area (Å²) in [7, 11) is 2.51. The van der Waals surface area contributed by atoms with Crippen molar-refractivity contribution in [3.8, 4) is 6.07 Å². The van der Waals surface area contributed by atoms with Crippen LogP contribution in [0, 0.1) is 11.3 Å². The second kappa shape index (κ2) is 2.28. The Kier molecular flexibility index (Phi) is 2.26. The first-order valence-corrected chi connectivity index (χ1v) is 2.90. The van der Waals surface area contributed by atoms with Crippen molar-refractivity contribution < 1.29 is 0 Å². The normalized spacial score (nSPS) is 17.4. The molecule has 0 aromatic rings. The third-order valence-corrected chi connectivity index (χ3v) is 1.53. The molecule has 0 saturated carbocycles. The van der Waals surface area contributed by atoms with E-state index in [2.05, 4.69) is 15.3 Å². The predicted molar refractivity (Wildman–Crippen MR) is 34.0 cm³/mol. The number of rotatable bonds is 1. The minimum atomic E-state index is -0.194. The molecule has 2 atom stereocenters. The van der Waals surface area contributed by atoms with E-state index in [1.807, 2.05) is 13.8 Å². The maximum atomic E-state index is 8.32. The van der Waals surface area contributed by atoms with Crippen molar-refractivity contribution >= 4 is 9.24 Å². The van der Waals surface area contributed by atoms with Crippen LogP contribution < -0.4 is 0 Å². The van der Waals surface area contributed by atoms with Crippen molar-refractivity contribution in [3.05, 3.63) is 0 Å². The van der Waals surface area contributed by atoms with E-state index < -0.39 is 0 Å². The second-order valence-electron chi connectivity index (χ2n) is 1.88. The average molecular weight is 115 g/mol. The van der Waals surface area contributed by atoms with Gasteiger partial charge in [-0.1, -0.05) is 6.92 Å². The molecule has 0 bridgehead atoms. The highest BCUT2D eigenvalue weighted by atomic mass is 31.0. The zero-order valence-electron chi connectivity index (χ0n) is 4.73. The van der Waals surface area contributed by atoms with Crippen LogP contribution >= 0.6 is 9.24 Å². The van der Waals surface area contributed by atoms with Crippen LogP contribution in [0.3, 0.4) is 0 Å². The fraction of sp³-hybridized carbons (Fsp3) is 0.800. The molecule has 2 heteroatoms. The quantitative estimate of drug-likeness (QED) is 0.475. The fourth-order valence-corrected chi connectivity index (χ4v) is 0.0791. The summed E-state index contributed by atoms with van der Waals surface area (Å²) in [6.07, 6.45) is 0.897. The number of nitrogens with zero attached hydrogens (tertiary/aromatic N) is 1. The van der Waals surface area contributed by atoms with Gasteiger partial charge < -0.3 is 0 Å². The molecule has 0 aromatic heterocycles. The van der Waals surface area contributed by atoms with Crippen LogP contribution in [0.1, 0.15) is 20.3 Å². The van der Waals surface area contributed by atoms with E-state index >= 15 is 0 Å². The van der Waals surface area contributed by atoms with E-state index in [0.29, 0.717) is 0 Å². The summed E-state index contributed by atoms with van der Waals surface area (Å²) in [4.78, 5) is 0. The van der Waals surface area contributed by atoms with Gasteiger partial charge >= 0.3 is 0 Å². The summed E-state index contributed by atoms with van der Waals surface area (Å²) < 4.78 is 0. The van der Waals surface area contributed by atoms with E-state index in [1.165, 1.54) is 0 Å². The van der Waals surface area contributed by atoms with Crippen molar-refractivity contribution in [2.45, 2.75) is 25.4 Å². The standard InChI is InChI=1S/C5H10NP/c1-3-5(2,7)4-6/h3,7H2,1-2H3. The molecule has 0 aliphatic carbocycles. The SMILES string of the molecule is CCC(C)(P)C#N. The summed E-state index contributed by atoms with van der Waals surface area (Å²) in [5.74, 6) is 0. The van der Waals surface area contributed by atoms with E-state index in [0.717, 1.165) is 6.42 Å². The van der Waals surface area contributed by atoms with Gasteiger partial charge in [-0.3, -0.25) is 0 Å². The minimum Gasteiger partial charge on any atom is -0.197 e. The Balaban J connectivity index is 3.66. The van der Waals surface area contributed by atoms with Gasteiger partial charge in [0.2, 0.25) is 0 Å². The lowest BCUT2D eigenvalue weighted by atomic mass is 10.1. The van der Waals surface area contributed by atoms with E-state index in [4.69, 9.17) is 5.26 Å². The highest BCUT2D eigenvalue weighted by molar-refractivity contribution is 7.19. The molecule has 40 valence electrons. The van der Waals surface area contributed by atoms with Crippen LogP contribution in [0.15, 0.2) is 0 Å². The van der Waals surface area contributed by atoms with Gasteiger partial charge in [0.15, 0.2) is 0 Å². The zero-order valence-corrected chi connectivity index (χ0v) is 5.89. The van der Waals surface area contributed by atoms with Crippen LogP contribution in [0.4, 0.5) is 0 Å². The zero-order chi connectivity index (χ0) is 5.91. The summed E-state index contributed by atoms with van der Waals surface area (Å²) in [5.41, 5.74) is 0. The third-order valence-electron chi connectivity index (χ3n) is 0.990. The van der Waals surface area contributed by atoms with Crippen molar-refractivity contribution in [1.82, 2.24) is 0 Å². The van der Waals surface area contributed by atoms with Crippen LogP contribution in [-0.4, -0.2) is 5.16 Å². The molecular formula is C5H10NP. The van der Waals surface area contributed by atoms with Crippen molar-refractivity contribution in [2.75, 3.05) is 0 Å². The van der Waals surface area contributed by atoms with Crippen molar-refractivity contribution in [3.63, 3.8) is 0 Å². The Morgan fingerprint density at radius 3 is 2.29 bits per heavy atom.